The molecule has 1 atom stereocenters. The summed E-state index contributed by atoms with van der Waals surface area (Å²) in [5.74, 6) is -1.56. The van der Waals surface area contributed by atoms with E-state index in [-0.39, 0.29) is 24.5 Å². The van der Waals surface area contributed by atoms with Gasteiger partial charge in [0.25, 0.3) is 11.7 Å². The maximum atomic E-state index is 13.0. The summed E-state index contributed by atoms with van der Waals surface area (Å²) in [5.41, 5.74) is 3.05. The number of ketones is 1. The first-order valence-electron chi connectivity index (χ1n) is 9.29. The van der Waals surface area contributed by atoms with Crippen LogP contribution in [0.3, 0.4) is 0 Å². The smallest absolute Gasteiger partial charge is 0.295 e. The van der Waals surface area contributed by atoms with E-state index in [9.17, 15) is 14.7 Å². The van der Waals surface area contributed by atoms with Gasteiger partial charge in [0.15, 0.2) is 0 Å². The fraction of sp³-hybridized carbons (Fsp3) is 0.227. The van der Waals surface area contributed by atoms with Gasteiger partial charge >= 0.3 is 0 Å². The van der Waals surface area contributed by atoms with Gasteiger partial charge in [-0.15, -0.1) is 0 Å². The van der Waals surface area contributed by atoms with Crippen LogP contribution in [0.25, 0.3) is 16.7 Å². The summed E-state index contributed by atoms with van der Waals surface area (Å²) in [6.45, 7) is 2.41. The fourth-order valence-corrected chi connectivity index (χ4v) is 3.92. The van der Waals surface area contributed by atoms with Crippen molar-refractivity contribution in [2.75, 3.05) is 20.3 Å². The van der Waals surface area contributed by atoms with Gasteiger partial charge in [-0.25, -0.2) is 0 Å². The number of aromatic amines is 1. The number of Topliss-reactive ketones (excluding diaryl/α,β-unsaturated/α-hetero) is 1. The van der Waals surface area contributed by atoms with E-state index in [1.165, 1.54) is 17.3 Å². The molecule has 0 bridgehead atoms. The molecule has 148 valence electrons. The SMILES string of the molecule is COCCN1C(=O)C(=O)/C(=C(/O)c2ccncc2)C1c1c(C)[nH]c2ccccc12. The molecular formula is C22H21N3O4. The van der Waals surface area contributed by atoms with Crippen LogP contribution in [0, 0.1) is 6.92 Å². The predicted octanol–water partition coefficient (Wildman–Crippen LogP) is 2.94. The zero-order chi connectivity index (χ0) is 20.5. The second kappa shape index (κ2) is 7.52. The monoisotopic (exact) mass is 391 g/mol. The Kier molecular flexibility index (Phi) is 4.90. The van der Waals surface area contributed by atoms with E-state index in [0.29, 0.717) is 5.56 Å². The number of aliphatic hydroxyl groups excluding tert-OH is 1. The molecular weight excluding hydrogens is 370 g/mol. The highest BCUT2D eigenvalue weighted by atomic mass is 16.5. The highest BCUT2D eigenvalue weighted by molar-refractivity contribution is 6.46. The Hall–Kier alpha value is -3.45. The summed E-state index contributed by atoms with van der Waals surface area (Å²) in [4.78, 5) is 34.6. The zero-order valence-corrected chi connectivity index (χ0v) is 16.2. The van der Waals surface area contributed by atoms with E-state index < -0.39 is 17.7 Å². The quantitative estimate of drug-likeness (QED) is 0.396. The van der Waals surface area contributed by atoms with Gasteiger partial charge in [-0.3, -0.25) is 14.6 Å². The summed E-state index contributed by atoms with van der Waals surface area (Å²) in [5, 5.41) is 11.9. The zero-order valence-electron chi connectivity index (χ0n) is 16.2. The van der Waals surface area contributed by atoms with Crippen molar-refractivity contribution in [1.82, 2.24) is 14.9 Å². The minimum Gasteiger partial charge on any atom is -0.507 e. The molecule has 3 aromatic rings. The number of fused-ring (bicyclic) bond motifs is 1. The minimum absolute atomic E-state index is 0.0742. The number of carbonyl (C=O) groups excluding carboxylic acids is 2. The van der Waals surface area contributed by atoms with Crippen LogP contribution in [-0.2, 0) is 14.3 Å². The van der Waals surface area contributed by atoms with Crippen molar-refractivity contribution >= 4 is 28.4 Å². The molecule has 29 heavy (non-hydrogen) atoms. The Bertz CT molecular complexity index is 1120. The van der Waals surface area contributed by atoms with Crippen LogP contribution in [0.4, 0.5) is 0 Å². The lowest BCUT2D eigenvalue weighted by Crippen LogP contribution is -2.32. The lowest BCUT2D eigenvalue weighted by atomic mass is 9.93. The number of nitrogens with one attached hydrogen (secondary N) is 1. The first-order valence-corrected chi connectivity index (χ1v) is 9.29. The third-order valence-corrected chi connectivity index (χ3v) is 5.25. The molecule has 7 nitrogen and oxygen atoms in total. The highest BCUT2D eigenvalue weighted by Crippen LogP contribution is 2.43. The molecule has 2 aromatic heterocycles. The van der Waals surface area contributed by atoms with Gasteiger partial charge in [-0.05, 0) is 25.1 Å². The Morgan fingerprint density at radius 3 is 2.66 bits per heavy atom. The number of likely N-dealkylation sites (tertiary alicyclic amines) is 1. The van der Waals surface area contributed by atoms with E-state index >= 15 is 0 Å². The van der Waals surface area contributed by atoms with Crippen LogP contribution in [0.15, 0.2) is 54.4 Å². The number of para-hydroxylation sites is 1. The van der Waals surface area contributed by atoms with Crippen LogP contribution in [0.5, 0.6) is 0 Å². The molecule has 1 aromatic carbocycles. The third kappa shape index (κ3) is 3.09. The highest BCUT2D eigenvalue weighted by Gasteiger charge is 2.47. The fourth-order valence-electron chi connectivity index (χ4n) is 3.92. The molecule has 1 unspecified atom stereocenters. The molecule has 1 saturated heterocycles. The minimum atomic E-state index is -0.713. The number of amides is 1. The summed E-state index contributed by atoms with van der Waals surface area (Å²) >= 11 is 0. The van der Waals surface area contributed by atoms with Gasteiger partial charge < -0.3 is 19.7 Å². The molecule has 1 amide bonds. The second-order valence-electron chi connectivity index (χ2n) is 6.93. The first kappa shape index (κ1) is 18.9. The van der Waals surface area contributed by atoms with E-state index in [2.05, 4.69) is 9.97 Å². The number of hydrogen-bond donors (Lipinski definition) is 2. The Balaban J connectivity index is 1.97. The topological polar surface area (TPSA) is 95.5 Å². The molecule has 0 spiro atoms. The summed E-state index contributed by atoms with van der Waals surface area (Å²) in [6.07, 6.45) is 3.06. The van der Waals surface area contributed by atoms with Gasteiger partial charge in [-0.1, -0.05) is 18.2 Å². The van der Waals surface area contributed by atoms with E-state index in [0.717, 1.165) is 22.2 Å². The van der Waals surface area contributed by atoms with Crippen LogP contribution >= 0.6 is 0 Å². The second-order valence-corrected chi connectivity index (χ2v) is 6.93. The maximum absolute atomic E-state index is 13.0. The van der Waals surface area contributed by atoms with Crippen molar-refractivity contribution in [3.05, 3.63) is 71.2 Å². The molecule has 1 aliphatic heterocycles. The standard InChI is InChI=1S/C22H21N3O4/c1-13-17(15-5-3-4-6-16(15)24-13)19-18(20(26)14-7-9-23-10-8-14)21(27)22(28)25(19)11-12-29-2/h3-10,19,24,26H,11-12H2,1-2H3/b20-18+. The average Bonchev–Trinajstić information content (AvgIpc) is 3.19. The predicted molar refractivity (Wildman–Crippen MR) is 108 cm³/mol. The molecule has 1 aliphatic rings. The van der Waals surface area contributed by atoms with E-state index in [1.807, 2.05) is 31.2 Å². The number of hydrogen-bond acceptors (Lipinski definition) is 5. The maximum Gasteiger partial charge on any atom is 0.295 e. The lowest BCUT2D eigenvalue weighted by Gasteiger charge is -2.25. The molecule has 7 heteroatoms. The number of rotatable bonds is 5. The van der Waals surface area contributed by atoms with E-state index in [4.69, 9.17) is 4.74 Å². The largest absolute Gasteiger partial charge is 0.507 e. The summed E-state index contributed by atoms with van der Waals surface area (Å²) in [7, 11) is 1.54. The van der Waals surface area contributed by atoms with E-state index in [1.54, 1.807) is 19.2 Å². The van der Waals surface area contributed by atoms with Crippen LogP contribution in [0.2, 0.25) is 0 Å². The van der Waals surface area contributed by atoms with Gasteiger partial charge in [0.2, 0.25) is 0 Å². The number of aryl methyl sites for hydroxylation is 1. The van der Waals surface area contributed by atoms with Crippen LogP contribution in [-0.4, -0.2) is 51.9 Å². The number of nitrogens with zero attached hydrogens (tertiary/aromatic N) is 2. The number of carbonyl (C=O) groups is 2. The van der Waals surface area contributed by atoms with Gasteiger partial charge in [0.05, 0.1) is 18.2 Å². The number of pyridine rings is 1. The van der Waals surface area contributed by atoms with Crippen LogP contribution in [0.1, 0.15) is 22.9 Å². The molecule has 0 saturated carbocycles. The Morgan fingerprint density at radius 2 is 1.93 bits per heavy atom. The number of H-pyrrole nitrogens is 1. The van der Waals surface area contributed by atoms with Crippen molar-refractivity contribution in [2.45, 2.75) is 13.0 Å². The molecule has 0 radical (unpaired) electrons. The molecule has 2 N–H and O–H groups in total. The lowest BCUT2D eigenvalue weighted by molar-refractivity contribution is -0.140. The van der Waals surface area contributed by atoms with Gasteiger partial charge in [0, 0.05) is 53.8 Å². The summed E-state index contributed by atoms with van der Waals surface area (Å²) < 4.78 is 5.15. The number of benzene rings is 1. The molecule has 0 aliphatic carbocycles. The van der Waals surface area contributed by atoms with Crippen molar-refractivity contribution in [3.63, 3.8) is 0 Å². The summed E-state index contributed by atoms with van der Waals surface area (Å²) in [6, 6.07) is 10.2. The van der Waals surface area contributed by atoms with Crippen LogP contribution < -0.4 is 0 Å². The third-order valence-electron chi connectivity index (χ3n) is 5.25. The average molecular weight is 391 g/mol. The number of methoxy groups -OCH3 is 1. The number of aromatic nitrogens is 2. The Morgan fingerprint density at radius 1 is 1.21 bits per heavy atom. The van der Waals surface area contributed by atoms with Gasteiger partial charge in [0.1, 0.15) is 5.76 Å². The van der Waals surface area contributed by atoms with Gasteiger partial charge in [-0.2, -0.15) is 0 Å². The normalized spacial score (nSPS) is 18.7. The molecule has 3 heterocycles. The van der Waals surface area contributed by atoms with Crippen molar-refractivity contribution in [2.24, 2.45) is 0 Å². The van der Waals surface area contributed by atoms with Crippen molar-refractivity contribution in [3.8, 4) is 0 Å². The Labute approximate surface area is 167 Å². The first-order chi connectivity index (χ1) is 14.0. The molecule has 4 rings (SSSR count). The number of ether oxygens (including phenoxy) is 1. The van der Waals surface area contributed by atoms with Crippen molar-refractivity contribution < 1.29 is 19.4 Å². The molecule has 1 fully saturated rings. The van der Waals surface area contributed by atoms with Crippen molar-refractivity contribution in [1.29, 1.82) is 0 Å². The number of aliphatic hydroxyl groups is 1.